The highest BCUT2D eigenvalue weighted by Crippen LogP contribution is 2.21. The first-order valence-electron chi connectivity index (χ1n) is 7.52. The largest absolute Gasteiger partial charge is 0.491 e. The van der Waals surface area contributed by atoms with E-state index in [2.05, 4.69) is 10.6 Å². The van der Waals surface area contributed by atoms with Crippen molar-refractivity contribution in [1.82, 2.24) is 10.6 Å². The maximum absolute atomic E-state index is 13.4. The first-order valence-corrected chi connectivity index (χ1v) is 7.52. The smallest absolute Gasteiger partial charge is 0.315 e. The zero-order valence-electron chi connectivity index (χ0n) is 13.4. The van der Waals surface area contributed by atoms with E-state index in [0.29, 0.717) is 18.7 Å². The Morgan fingerprint density at radius 2 is 1.74 bits per heavy atom. The number of halogens is 1. The molecule has 0 saturated carbocycles. The average Bonchev–Trinajstić information content (AvgIpc) is 2.53. The van der Waals surface area contributed by atoms with Gasteiger partial charge in [0.15, 0.2) is 0 Å². The summed E-state index contributed by atoms with van der Waals surface area (Å²) in [4.78, 5) is 11.7. The quantitative estimate of drug-likeness (QED) is 0.803. The molecule has 0 atom stereocenters. The number of carbonyl (C=O) groups is 1. The van der Waals surface area contributed by atoms with E-state index in [0.717, 1.165) is 16.9 Å². The van der Waals surface area contributed by atoms with Crippen molar-refractivity contribution in [2.24, 2.45) is 0 Å². The van der Waals surface area contributed by atoms with Crippen molar-refractivity contribution >= 4 is 6.03 Å². The number of amides is 2. The molecular weight excluding hydrogens is 295 g/mol. The van der Waals surface area contributed by atoms with Gasteiger partial charge >= 0.3 is 6.03 Å². The Morgan fingerprint density at radius 1 is 1.04 bits per heavy atom. The lowest BCUT2D eigenvalue weighted by Crippen LogP contribution is -2.37. The summed E-state index contributed by atoms with van der Waals surface area (Å²) >= 11 is 0. The SMILES string of the molecule is Cc1cccc(C)c1OCCNC(=O)NCc1ccccc1F. The third kappa shape index (κ3) is 4.98. The molecule has 2 N–H and O–H groups in total. The minimum absolute atomic E-state index is 0.149. The van der Waals surface area contributed by atoms with Crippen LogP contribution in [0.5, 0.6) is 5.75 Å². The van der Waals surface area contributed by atoms with Crippen LogP contribution in [-0.2, 0) is 6.54 Å². The number of urea groups is 1. The molecule has 122 valence electrons. The normalized spacial score (nSPS) is 10.2. The van der Waals surface area contributed by atoms with Crippen LogP contribution in [-0.4, -0.2) is 19.2 Å². The van der Waals surface area contributed by atoms with E-state index in [1.807, 2.05) is 32.0 Å². The van der Waals surface area contributed by atoms with Crippen LogP contribution in [0.25, 0.3) is 0 Å². The molecule has 0 bridgehead atoms. The summed E-state index contributed by atoms with van der Waals surface area (Å²) in [5.41, 5.74) is 2.58. The molecule has 0 aliphatic heterocycles. The van der Waals surface area contributed by atoms with Crippen LogP contribution in [0.2, 0.25) is 0 Å². The Kier molecular flexibility index (Phi) is 5.97. The van der Waals surface area contributed by atoms with Crippen molar-refractivity contribution in [3.8, 4) is 5.75 Å². The van der Waals surface area contributed by atoms with Gasteiger partial charge in [-0.05, 0) is 31.0 Å². The molecule has 2 amide bonds. The Morgan fingerprint density at radius 3 is 2.43 bits per heavy atom. The van der Waals surface area contributed by atoms with E-state index in [9.17, 15) is 9.18 Å². The fourth-order valence-corrected chi connectivity index (χ4v) is 2.22. The maximum atomic E-state index is 13.4. The van der Waals surface area contributed by atoms with Gasteiger partial charge in [-0.25, -0.2) is 9.18 Å². The predicted molar refractivity (Wildman–Crippen MR) is 88.0 cm³/mol. The summed E-state index contributed by atoms with van der Waals surface area (Å²) in [6.45, 7) is 4.86. The second-order valence-electron chi connectivity index (χ2n) is 5.27. The van der Waals surface area contributed by atoms with Crippen molar-refractivity contribution in [1.29, 1.82) is 0 Å². The zero-order chi connectivity index (χ0) is 16.7. The summed E-state index contributed by atoms with van der Waals surface area (Å²) in [5.74, 6) is 0.521. The van der Waals surface area contributed by atoms with Crippen LogP contribution >= 0.6 is 0 Å². The molecule has 5 heteroatoms. The average molecular weight is 316 g/mol. The van der Waals surface area contributed by atoms with E-state index in [4.69, 9.17) is 4.74 Å². The zero-order valence-corrected chi connectivity index (χ0v) is 13.4. The van der Waals surface area contributed by atoms with Gasteiger partial charge in [-0.15, -0.1) is 0 Å². The number of nitrogens with one attached hydrogen (secondary N) is 2. The Bertz CT molecular complexity index is 654. The molecule has 0 aromatic heterocycles. The molecule has 2 aromatic rings. The summed E-state index contributed by atoms with van der Waals surface area (Å²) in [6, 6.07) is 11.9. The second kappa shape index (κ2) is 8.17. The summed E-state index contributed by atoms with van der Waals surface area (Å²) in [5, 5.41) is 5.30. The monoisotopic (exact) mass is 316 g/mol. The number of benzene rings is 2. The number of aryl methyl sites for hydroxylation is 2. The summed E-state index contributed by atoms with van der Waals surface area (Å²) in [7, 11) is 0. The Balaban J connectivity index is 1.70. The van der Waals surface area contributed by atoms with E-state index in [1.54, 1.807) is 18.2 Å². The van der Waals surface area contributed by atoms with Gasteiger partial charge in [-0.3, -0.25) is 0 Å². The number of rotatable bonds is 6. The van der Waals surface area contributed by atoms with Crippen molar-refractivity contribution < 1.29 is 13.9 Å². The van der Waals surface area contributed by atoms with Gasteiger partial charge in [0.05, 0.1) is 6.54 Å². The maximum Gasteiger partial charge on any atom is 0.315 e. The molecule has 2 rings (SSSR count). The van der Waals surface area contributed by atoms with Gasteiger partial charge in [0.25, 0.3) is 0 Å². The van der Waals surface area contributed by atoms with Gasteiger partial charge in [0.1, 0.15) is 18.2 Å². The molecular formula is C18H21FN2O2. The second-order valence-corrected chi connectivity index (χ2v) is 5.27. The predicted octanol–water partition coefficient (Wildman–Crippen LogP) is 3.32. The lowest BCUT2D eigenvalue weighted by Gasteiger charge is -2.12. The van der Waals surface area contributed by atoms with Gasteiger partial charge < -0.3 is 15.4 Å². The highest BCUT2D eigenvalue weighted by atomic mass is 19.1. The number of hydrogen-bond acceptors (Lipinski definition) is 2. The van der Waals surface area contributed by atoms with Gasteiger partial charge in [-0.1, -0.05) is 36.4 Å². The van der Waals surface area contributed by atoms with E-state index in [-0.39, 0.29) is 18.4 Å². The minimum atomic E-state index is -0.349. The van der Waals surface area contributed by atoms with E-state index in [1.165, 1.54) is 6.07 Å². The van der Waals surface area contributed by atoms with Crippen LogP contribution in [0.1, 0.15) is 16.7 Å². The van der Waals surface area contributed by atoms with Crippen LogP contribution in [0, 0.1) is 19.7 Å². The van der Waals surface area contributed by atoms with Crippen LogP contribution in [0.15, 0.2) is 42.5 Å². The molecule has 0 unspecified atom stereocenters. The van der Waals surface area contributed by atoms with Crippen LogP contribution in [0.4, 0.5) is 9.18 Å². The summed E-state index contributed by atoms with van der Waals surface area (Å²) < 4.78 is 19.1. The van der Waals surface area contributed by atoms with Gasteiger partial charge in [0.2, 0.25) is 0 Å². The third-order valence-corrected chi connectivity index (χ3v) is 3.44. The fourth-order valence-electron chi connectivity index (χ4n) is 2.22. The van der Waals surface area contributed by atoms with Crippen molar-refractivity contribution in [3.63, 3.8) is 0 Å². The van der Waals surface area contributed by atoms with Crippen molar-refractivity contribution in [3.05, 3.63) is 65.0 Å². The number of carbonyl (C=O) groups excluding carboxylic acids is 1. The highest BCUT2D eigenvalue weighted by molar-refractivity contribution is 5.73. The van der Waals surface area contributed by atoms with Crippen molar-refractivity contribution in [2.75, 3.05) is 13.2 Å². The third-order valence-electron chi connectivity index (χ3n) is 3.44. The number of ether oxygens (including phenoxy) is 1. The number of hydrogen-bond donors (Lipinski definition) is 2. The topological polar surface area (TPSA) is 50.4 Å². The fraction of sp³-hybridized carbons (Fsp3) is 0.278. The molecule has 4 nitrogen and oxygen atoms in total. The molecule has 23 heavy (non-hydrogen) atoms. The Hall–Kier alpha value is -2.56. The van der Waals surface area contributed by atoms with Gasteiger partial charge in [0, 0.05) is 12.1 Å². The molecule has 0 spiro atoms. The first kappa shape index (κ1) is 16.8. The molecule has 0 saturated heterocycles. The van der Waals surface area contributed by atoms with Gasteiger partial charge in [-0.2, -0.15) is 0 Å². The molecule has 0 fully saturated rings. The van der Waals surface area contributed by atoms with E-state index < -0.39 is 0 Å². The lowest BCUT2D eigenvalue weighted by atomic mass is 10.1. The first-order chi connectivity index (χ1) is 11.1. The Labute approximate surface area is 135 Å². The minimum Gasteiger partial charge on any atom is -0.491 e. The molecule has 0 radical (unpaired) electrons. The molecule has 0 aliphatic rings. The summed E-state index contributed by atoms with van der Waals surface area (Å²) in [6.07, 6.45) is 0. The molecule has 0 heterocycles. The van der Waals surface area contributed by atoms with Crippen LogP contribution < -0.4 is 15.4 Å². The van der Waals surface area contributed by atoms with Crippen molar-refractivity contribution in [2.45, 2.75) is 20.4 Å². The standard InChI is InChI=1S/C18H21FN2O2/c1-13-6-5-7-14(2)17(13)23-11-10-20-18(22)21-12-15-8-3-4-9-16(15)19/h3-9H,10-12H2,1-2H3,(H2,20,21,22). The number of para-hydroxylation sites is 1. The highest BCUT2D eigenvalue weighted by Gasteiger charge is 2.05. The van der Waals surface area contributed by atoms with E-state index >= 15 is 0 Å². The molecule has 0 aliphatic carbocycles. The lowest BCUT2D eigenvalue weighted by molar-refractivity contribution is 0.236. The van der Waals surface area contributed by atoms with Crippen LogP contribution in [0.3, 0.4) is 0 Å². The molecule has 2 aromatic carbocycles.